The molecule has 0 bridgehead atoms. The first-order chi connectivity index (χ1) is 17.1. The number of allylic oxidation sites excluding steroid dienone is 4. The summed E-state index contributed by atoms with van der Waals surface area (Å²) in [5.41, 5.74) is 6.31. The lowest BCUT2D eigenvalue weighted by molar-refractivity contribution is 0.367. The van der Waals surface area contributed by atoms with Crippen molar-refractivity contribution in [3.05, 3.63) is 84.5 Å². The van der Waals surface area contributed by atoms with E-state index in [4.69, 9.17) is 4.74 Å². The summed E-state index contributed by atoms with van der Waals surface area (Å²) in [6, 6.07) is 18.2. The molecule has 0 N–H and O–H groups in total. The maximum Gasteiger partial charge on any atom is 0.126 e. The van der Waals surface area contributed by atoms with Gasteiger partial charge in [0.2, 0.25) is 0 Å². The molecule has 3 unspecified atom stereocenters. The molecule has 0 spiro atoms. The highest BCUT2D eigenvalue weighted by Crippen LogP contribution is 2.56. The molecule has 4 rings (SSSR count). The monoisotopic (exact) mass is 484 g/mol. The number of unbranched alkanes of at least 4 members (excludes halogenated alkanes) is 1. The highest BCUT2D eigenvalue weighted by Gasteiger charge is 2.52. The van der Waals surface area contributed by atoms with Crippen LogP contribution in [0.25, 0.3) is 11.1 Å². The number of hydrogen-bond acceptors (Lipinski definition) is 1. The summed E-state index contributed by atoms with van der Waals surface area (Å²) in [5.74, 6) is 2.67. The Hall–Kier alpha value is -2.32. The Kier molecular flexibility index (Phi) is 8.54. The summed E-state index contributed by atoms with van der Waals surface area (Å²) in [6.07, 6.45) is 15.7. The van der Waals surface area contributed by atoms with Crippen LogP contribution in [0.3, 0.4) is 0 Å². The number of aryl methyl sites for hydroxylation is 1. The van der Waals surface area contributed by atoms with Crippen molar-refractivity contribution in [1.29, 1.82) is 0 Å². The smallest absolute Gasteiger partial charge is 0.126 e. The minimum atomic E-state index is -1.96. The van der Waals surface area contributed by atoms with Gasteiger partial charge in [0.1, 0.15) is 12.4 Å². The molecule has 0 aromatic heterocycles. The molecule has 0 aliphatic heterocycles. The van der Waals surface area contributed by atoms with Crippen molar-refractivity contribution < 1.29 is 4.74 Å². The van der Waals surface area contributed by atoms with Crippen molar-refractivity contribution in [2.45, 2.75) is 77.4 Å². The zero-order chi connectivity index (χ0) is 24.8. The van der Waals surface area contributed by atoms with E-state index >= 15 is 0 Å². The summed E-state index contributed by atoms with van der Waals surface area (Å²) < 4.78 is 6.63. The van der Waals surface area contributed by atoms with E-state index < -0.39 is 8.07 Å². The Bertz CT molecular complexity index is 1060. The quantitative estimate of drug-likeness (QED) is 0.228. The van der Waals surface area contributed by atoms with Crippen molar-refractivity contribution in [1.82, 2.24) is 0 Å². The number of hydrogen-bond donors (Lipinski definition) is 0. The fourth-order valence-electron chi connectivity index (χ4n) is 7.09. The SMILES string of the molecule is C=CCOc1c(-c2ccccc2)cc(C)cc1[Si](CC)(CC)C1C2=CC=CCC2CC1CCCC. The third-order valence-corrected chi connectivity index (χ3v) is 14.7. The van der Waals surface area contributed by atoms with E-state index in [0.717, 1.165) is 17.6 Å². The van der Waals surface area contributed by atoms with Crippen LogP contribution in [0.15, 0.2) is 78.9 Å². The van der Waals surface area contributed by atoms with Crippen molar-refractivity contribution in [3.63, 3.8) is 0 Å². The first-order valence-corrected chi connectivity index (χ1v) is 16.4. The maximum absolute atomic E-state index is 6.63. The van der Waals surface area contributed by atoms with Gasteiger partial charge >= 0.3 is 0 Å². The maximum atomic E-state index is 6.63. The second kappa shape index (κ2) is 11.6. The second-order valence-corrected chi connectivity index (χ2v) is 15.5. The summed E-state index contributed by atoms with van der Waals surface area (Å²) in [6.45, 7) is 14.1. The molecule has 1 fully saturated rings. The van der Waals surface area contributed by atoms with Gasteiger partial charge in [0.05, 0.1) is 8.07 Å². The minimum absolute atomic E-state index is 0.547. The lowest BCUT2D eigenvalue weighted by Gasteiger charge is -2.42. The van der Waals surface area contributed by atoms with Gasteiger partial charge in [-0.05, 0) is 54.0 Å². The number of fused-ring (bicyclic) bond motifs is 1. The minimum Gasteiger partial charge on any atom is -0.489 e. The number of rotatable bonds is 11. The predicted molar refractivity (Wildman–Crippen MR) is 155 cm³/mol. The van der Waals surface area contributed by atoms with Gasteiger partial charge in [-0.2, -0.15) is 0 Å². The van der Waals surface area contributed by atoms with Crippen molar-refractivity contribution in [2.75, 3.05) is 6.61 Å². The zero-order valence-electron chi connectivity index (χ0n) is 22.4. The van der Waals surface area contributed by atoms with Crippen molar-refractivity contribution in [2.24, 2.45) is 11.8 Å². The summed E-state index contributed by atoms with van der Waals surface area (Å²) in [4.78, 5) is 0. The van der Waals surface area contributed by atoms with Crippen molar-refractivity contribution >= 4 is 13.3 Å². The van der Waals surface area contributed by atoms with Crippen molar-refractivity contribution in [3.8, 4) is 16.9 Å². The highest BCUT2D eigenvalue weighted by molar-refractivity contribution is 6.94. The Morgan fingerprint density at radius 3 is 2.54 bits per heavy atom. The summed E-state index contributed by atoms with van der Waals surface area (Å²) in [7, 11) is -1.96. The van der Waals surface area contributed by atoms with Gasteiger partial charge in [-0.15, -0.1) is 0 Å². The molecule has 0 radical (unpaired) electrons. The van der Waals surface area contributed by atoms with Gasteiger partial charge in [-0.25, -0.2) is 0 Å². The van der Waals surface area contributed by atoms with Gasteiger partial charge in [0, 0.05) is 5.56 Å². The molecule has 35 heavy (non-hydrogen) atoms. The molecule has 0 saturated heterocycles. The molecule has 2 heteroatoms. The van der Waals surface area contributed by atoms with E-state index in [0.29, 0.717) is 12.1 Å². The van der Waals surface area contributed by atoms with E-state index in [1.54, 1.807) is 10.8 Å². The molecular formula is C33H44OSi. The molecule has 0 amide bonds. The first-order valence-electron chi connectivity index (χ1n) is 13.9. The Labute approximate surface area is 215 Å². The van der Waals surface area contributed by atoms with Gasteiger partial charge in [0.15, 0.2) is 0 Å². The van der Waals surface area contributed by atoms with Crippen LogP contribution in [0, 0.1) is 18.8 Å². The van der Waals surface area contributed by atoms with Crippen LogP contribution in [0.2, 0.25) is 17.6 Å². The second-order valence-electron chi connectivity index (χ2n) is 10.7. The fourth-order valence-corrected chi connectivity index (χ4v) is 12.9. The average molecular weight is 485 g/mol. The molecule has 2 aliphatic carbocycles. The molecule has 2 aliphatic rings. The topological polar surface area (TPSA) is 9.23 Å². The number of benzene rings is 2. The van der Waals surface area contributed by atoms with Crippen LogP contribution >= 0.6 is 0 Å². The van der Waals surface area contributed by atoms with Gasteiger partial charge in [-0.3, -0.25) is 0 Å². The van der Waals surface area contributed by atoms with Crippen LogP contribution in [0.5, 0.6) is 5.75 Å². The highest BCUT2D eigenvalue weighted by atomic mass is 28.3. The van der Waals surface area contributed by atoms with E-state index in [9.17, 15) is 0 Å². The molecule has 3 atom stereocenters. The molecule has 2 aromatic carbocycles. The van der Waals surface area contributed by atoms with Crippen LogP contribution in [-0.2, 0) is 0 Å². The fraction of sp³-hybridized carbons (Fsp3) is 0.455. The van der Waals surface area contributed by atoms with Crippen LogP contribution in [0.4, 0.5) is 0 Å². The lowest BCUT2D eigenvalue weighted by Crippen LogP contribution is -2.53. The normalized spacial score (nSPS) is 21.5. The van der Waals surface area contributed by atoms with Crippen LogP contribution in [0.1, 0.15) is 58.4 Å². The molecule has 0 heterocycles. The number of ether oxygens (including phenoxy) is 1. The Morgan fingerprint density at radius 2 is 1.86 bits per heavy atom. The standard InChI is InChI=1S/C33H44OSi/c1-6-10-16-28-24-27-19-14-15-20-29(27)33(28)35(8-3,9-4)31-23-25(5)22-30(32(31)34-21-7-2)26-17-12-11-13-18-26/h7,11-15,17-18,20,22-23,27-28,33H,2,6,8-10,16,19,21,24H2,1,3-5H3. The molecule has 2 aromatic rings. The zero-order valence-corrected chi connectivity index (χ0v) is 23.4. The third-order valence-electron chi connectivity index (χ3n) is 8.72. The summed E-state index contributed by atoms with van der Waals surface area (Å²) in [5, 5.41) is 1.55. The third kappa shape index (κ3) is 5.00. The van der Waals surface area contributed by atoms with Gasteiger partial charge in [0.25, 0.3) is 0 Å². The van der Waals surface area contributed by atoms with Gasteiger partial charge in [-0.1, -0.05) is 131 Å². The Morgan fingerprint density at radius 1 is 1.09 bits per heavy atom. The van der Waals surface area contributed by atoms with Crippen LogP contribution in [-0.4, -0.2) is 14.7 Å². The first kappa shape index (κ1) is 25.8. The predicted octanol–water partition coefficient (Wildman–Crippen LogP) is 9.01. The largest absolute Gasteiger partial charge is 0.489 e. The van der Waals surface area contributed by atoms with E-state index in [1.807, 2.05) is 6.08 Å². The molecule has 186 valence electrons. The lowest BCUT2D eigenvalue weighted by atomic mass is 9.94. The molecule has 1 nitrogen and oxygen atoms in total. The van der Waals surface area contributed by atoms with Gasteiger partial charge < -0.3 is 4.74 Å². The van der Waals surface area contributed by atoms with E-state index in [2.05, 4.69) is 95.0 Å². The Balaban J connectivity index is 1.94. The summed E-state index contributed by atoms with van der Waals surface area (Å²) >= 11 is 0. The van der Waals surface area contributed by atoms with E-state index in [1.165, 1.54) is 60.9 Å². The van der Waals surface area contributed by atoms with Crippen LogP contribution < -0.4 is 9.92 Å². The average Bonchev–Trinajstić information content (AvgIpc) is 3.27. The van der Waals surface area contributed by atoms with E-state index in [-0.39, 0.29) is 0 Å². The molecular weight excluding hydrogens is 440 g/mol. The molecule has 1 saturated carbocycles.